The first-order chi connectivity index (χ1) is 12.5. The normalized spacial score (nSPS) is 12.9. The van der Waals surface area contributed by atoms with Gasteiger partial charge in [0.15, 0.2) is 0 Å². The van der Waals surface area contributed by atoms with Crippen LogP contribution in [0.15, 0.2) is 57.7 Å². The fourth-order valence-corrected chi connectivity index (χ4v) is 3.20. The Labute approximate surface area is 149 Å². The second kappa shape index (κ2) is 6.15. The molecule has 1 aliphatic rings. The van der Waals surface area contributed by atoms with Gasteiger partial charge >= 0.3 is 5.63 Å². The maximum atomic E-state index is 12.5. The van der Waals surface area contributed by atoms with Crippen LogP contribution < -0.4 is 15.8 Å². The molecule has 6 heteroatoms. The number of hydrogen-bond donors (Lipinski definition) is 1. The van der Waals surface area contributed by atoms with E-state index in [0.29, 0.717) is 23.2 Å². The lowest BCUT2D eigenvalue weighted by Crippen LogP contribution is -2.26. The molecule has 0 unspecified atom stereocenters. The number of carbonyl (C=O) groups excluding carboxylic acids is 2. The molecule has 0 aliphatic carbocycles. The lowest BCUT2D eigenvalue weighted by atomic mass is 10.1. The first-order valence-electron chi connectivity index (χ1n) is 8.28. The lowest BCUT2D eigenvalue weighted by Gasteiger charge is -2.15. The third kappa shape index (κ3) is 2.75. The average Bonchev–Trinajstić information content (AvgIpc) is 3.04. The highest BCUT2D eigenvalue weighted by Gasteiger charge is 2.23. The van der Waals surface area contributed by atoms with Crippen LogP contribution in [-0.4, -0.2) is 18.4 Å². The summed E-state index contributed by atoms with van der Waals surface area (Å²) >= 11 is 0. The molecule has 1 N–H and O–H groups in total. The molecule has 6 nitrogen and oxygen atoms in total. The minimum atomic E-state index is -0.687. The predicted molar refractivity (Wildman–Crippen MR) is 98.6 cm³/mol. The molecule has 2 heterocycles. The van der Waals surface area contributed by atoms with E-state index in [1.54, 1.807) is 41.3 Å². The van der Waals surface area contributed by atoms with Crippen LogP contribution in [0.5, 0.6) is 0 Å². The fourth-order valence-electron chi connectivity index (χ4n) is 3.20. The maximum Gasteiger partial charge on any atom is 0.349 e. The fraction of sp³-hybridized carbons (Fsp3) is 0.150. The summed E-state index contributed by atoms with van der Waals surface area (Å²) in [7, 11) is 0. The average molecular weight is 348 g/mol. The smallest absolute Gasteiger partial charge is 0.349 e. The third-order valence-corrected chi connectivity index (χ3v) is 4.50. The van der Waals surface area contributed by atoms with Crippen molar-refractivity contribution in [3.63, 3.8) is 0 Å². The molecule has 0 bridgehead atoms. The number of amides is 2. The van der Waals surface area contributed by atoms with Gasteiger partial charge in [0.25, 0.3) is 5.91 Å². The van der Waals surface area contributed by atoms with E-state index >= 15 is 0 Å². The summed E-state index contributed by atoms with van der Waals surface area (Å²) < 4.78 is 5.20. The first-order valence-corrected chi connectivity index (χ1v) is 8.28. The van der Waals surface area contributed by atoms with E-state index in [2.05, 4.69) is 5.32 Å². The zero-order valence-electron chi connectivity index (χ0n) is 14.1. The van der Waals surface area contributed by atoms with Crippen LogP contribution in [0, 0.1) is 0 Å². The molecule has 0 saturated heterocycles. The Kier molecular flexibility index (Phi) is 3.80. The van der Waals surface area contributed by atoms with Gasteiger partial charge in [-0.2, -0.15) is 0 Å². The molecule has 3 aromatic rings. The molecule has 0 spiro atoms. The van der Waals surface area contributed by atoms with Crippen LogP contribution in [0.3, 0.4) is 0 Å². The Balaban J connectivity index is 1.65. The highest BCUT2D eigenvalue weighted by molar-refractivity contribution is 6.06. The van der Waals surface area contributed by atoms with Crippen molar-refractivity contribution < 1.29 is 14.0 Å². The SMILES string of the molecule is CC(=O)N1CCc2ccc(NC(=O)c3cc4ccccc4oc3=O)cc21. The summed E-state index contributed by atoms with van der Waals surface area (Å²) in [6, 6.07) is 13.9. The van der Waals surface area contributed by atoms with E-state index in [1.165, 1.54) is 13.0 Å². The number of para-hydroxylation sites is 1. The Bertz CT molecular complexity index is 1100. The largest absolute Gasteiger partial charge is 0.422 e. The quantitative estimate of drug-likeness (QED) is 0.722. The van der Waals surface area contributed by atoms with Gasteiger partial charge in [0.2, 0.25) is 5.91 Å². The van der Waals surface area contributed by atoms with Gasteiger partial charge in [-0.15, -0.1) is 0 Å². The summed E-state index contributed by atoms with van der Waals surface area (Å²) in [5.41, 5.74) is 2.06. The molecule has 0 atom stereocenters. The van der Waals surface area contributed by atoms with E-state index in [1.807, 2.05) is 6.07 Å². The van der Waals surface area contributed by atoms with Crippen LogP contribution in [0.2, 0.25) is 0 Å². The molecule has 130 valence electrons. The standard InChI is InChI=1S/C20H16N2O4/c1-12(23)22-9-8-13-6-7-15(11-17(13)22)21-19(24)16-10-14-4-2-3-5-18(14)26-20(16)25/h2-7,10-11H,8-9H2,1H3,(H,21,24). The number of carbonyl (C=O) groups is 2. The van der Waals surface area contributed by atoms with Gasteiger partial charge < -0.3 is 14.6 Å². The van der Waals surface area contributed by atoms with Crippen LogP contribution in [0.25, 0.3) is 11.0 Å². The lowest BCUT2D eigenvalue weighted by molar-refractivity contribution is -0.116. The van der Waals surface area contributed by atoms with Crippen molar-refractivity contribution in [3.8, 4) is 0 Å². The molecule has 1 aliphatic heterocycles. The first kappa shape index (κ1) is 16.1. The minimum Gasteiger partial charge on any atom is -0.422 e. The van der Waals surface area contributed by atoms with E-state index in [0.717, 1.165) is 17.7 Å². The van der Waals surface area contributed by atoms with Gasteiger partial charge in [0.05, 0.1) is 0 Å². The highest BCUT2D eigenvalue weighted by Crippen LogP contribution is 2.31. The molecule has 4 rings (SSSR count). The molecule has 0 radical (unpaired) electrons. The van der Waals surface area contributed by atoms with Crippen molar-refractivity contribution in [2.45, 2.75) is 13.3 Å². The third-order valence-electron chi connectivity index (χ3n) is 4.50. The zero-order valence-corrected chi connectivity index (χ0v) is 14.1. The maximum absolute atomic E-state index is 12.5. The molecule has 2 aromatic carbocycles. The molecule has 2 amide bonds. The molecular formula is C20H16N2O4. The van der Waals surface area contributed by atoms with Gasteiger partial charge in [-0.3, -0.25) is 9.59 Å². The van der Waals surface area contributed by atoms with Gasteiger partial charge in [0, 0.05) is 30.2 Å². The number of anilines is 2. The summed E-state index contributed by atoms with van der Waals surface area (Å²) in [6.07, 6.45) is 0.789. The van der Waals surface area contributed by atoms with Crippen LogP contribution in [-0.2, 0) is 11.2 Å². The number of hydrogen-bond acceptors (Lipinski definition) is 4. The number of nitrogens with one attached hydrogen (secondary N) is 1. The van der Waals surface area contributed by atoms with Crippen molar-refractivity contribution in [1.29, 1.82) is 0 Å². The Morgan fingerprint density at radius 3 is 2.73 bits per heavy atom. The van der Waals surface area contributed by atoms with Gasteiger partial charge in [0.1, 0.15) is 11.1 Å². The molecule has 0 fully saturated rings. The topological polar surface area (TPSA) is 79.6 Å². The second-order valence-corrected chi connectivity index (χ2v) is 6.20. The summed E-state index contributed by atoms with van der Waals surface area (Å²) in [6.45, 7) is 2.15. The predicted octanol–water partition coefficient (Wildman–Crippen LogP) is 2.95. The van der Waals surface area contributed by atoms with E-state index in [-0.39, 0.29) is 11.5 Å². The van der Waals surface area contributed by atoms with Gasteiger partial charge in [-0.1, -0.05) is 24.3 Å². The summed E-state index contributed by atoms with van der Waals surface area (Å²) in [4.78, 5) is 38.0. The Morgan fingerprint density at radius 2 is 1.92 bits per heavy atom. The summed E-state index contributed by atoms with van der Waals surface area (Å²) in [5, 5.41) is 3.39. The van der Waals surface area contributed by atoms with Gasteiger partial charge in [-0.05, 0) is 36.2 Å². The van der Waals surface area contributed by atoms with Crippen molar-refractivity contribution in [1.82, 2.24) is 0 Å². The Morgan fingerprint density at radius 1 is 1.12 bits per heavy atom. The van der Waals surface area contributed by atoms with Crippen molar-refractivity contribution in [3.05, 3.63) is 70.1 Å². The second-order valence-electron chi connectivity index (χ2n) is 6.20. The molecule has 26 heavy (non-hydrogen) atoms. The van der Waals surface area contributed by atoms with Crippen molar-refractivity contribution >= 4 is 34.2 Å². The molecule has 1 aromatic heterocycles. The number of fused-ring (bicyclic) bond motifs is 2. The van der Waals surface area contributed by atoms with E-state index in [4.69, 9.17) is 4.42 Å². The number of benzene rings is 2. The Hall–Kier alpha value is -3.41. The zero-order chi connectivity index (χ0) is 18.3. The molecular weight excluding hydrogens is 332 g/mol. The highest BCUT2D eigenvalue weighted by atomic mass is 16.4. The minimum absolute atomic E-state index is 0.0394. The number of rotatable bonds is 2. The van der Waals surface area contributed by atoms with Gasteiger partial charge in [-0.25, -0.2) is 4.79 Å². The van der Waals surface area contributed by atoms with E-state index < -0.39 is 11.5 Å². The van der Waals surface area contributed by atoms with E-state index in [9.17, 15) is 14.4 Å². The van der Waals surface area contributed by atoms with Crippen molar-refractivity contribution in [2.24, 2.45) is 0 Å². The number of nitrogens with zero attached hydrogens (tertiary/aromatic N) is 1. The molecule has 0 saturated carbocycles. The van der Waals surface area contributed by atoms with Crippen LogP contribution >= 0.6 is 0 Å². The van der Waals surface area contributed by atoms with Crippen LogP contribution in [0.4, 0.5) is 11.4 Å². The monoisotopic (exact) mass is 348 g/mol. The van der Waals surface area contributed by atoms with Crippen LogP contribution in [0.1, 0.15) is 22.8 Å². The van der Waals surface area contributed by atoms with Crippen molar-refractivity contribution in [2.75, 3.05) is 16.8 Å². The summed E-state index contributed by atoms with van der Waals surface area (Å²) in [5.74, 6) is -0.584.